The van der Waals surface area contributed by atoms with Crippen LogP contribution in [-0.4, -0.2) is 46.0 Å². The molecule has 0 unspecified atom stereocenters. The zero-order chi connectivity index (χ0) is 25.5. The fourth-order valence-corrected chi connectivity index (χ4v) is 4.42. The molecule has 1 aliphatic heterocycles. The number of hydrogen-bond acceptors (Lipinski definition) is 6. The summed E-state index contributed by atoms with van der Waals surface area (Å²) in [5.74, 6) is -1.38. The van der Waals surface area contributed by atoms with Crippen molar-refractivity contribution in [2.75, 3.05) is 18.0 Å². The van der Waals surface area contributed by atoms with Crippen LogP contribution in [0.25, 0.3) is 11.0 Å². The first-order valence-electron chi connectivity index (χ1n) is 10.9. The number of aromatic nitrogens is 2. The zero-order valence-electron chi connectivity index (χ0n) is 19.3. The monoisotopic (exact) mass is 489 g/mol. The SMILES string of the molecule is C[C@@H]1CN(c2cc(=O)n(C)c3ccc(C#N)nc23)[C@@H](C)CN1Cc1ccc(OC(F)(F)F)cc1F. The molecular weight excluding hydrogens is 466 g/mol. The number of anilines is 1. The largest absolute Gasteiger partial charge is 0.573 e. The number of aryl methyl sites for hydroxylation is 1. The van der Waals surface area contributed by atoms with Gasteiger partial charge in [0.15, 0.2) is 0 Å². The van der Waals surface area contributed by atoms with Crippen LogP contribution in [0.3, 0.4) is 0 Å². The van der Waals surface area contributed by atoms with Crippen molar-refractivity contribution in [3.63, 3.8) is 0 Å². The third-order valence-electron chi connectivity index (χ3n) is 6.24. The average Bonchev–Trinajstić information content (AvgIpc) is 2.79. The molecule has 2 aromatic heterocycles. The fraction of sp³-hybridized carbons (Fsp3) is 0.375. The summed E-state index contributed by atoms with van der Waals surface area (Å²) in [6.45, 7) is 5.13. The summed E-state index contributed by atoms with van der Waals surface area (Å²) in [7, 11) is 1.64. The van der Waals surface area contributed by atoms with Crippen molar-refractivity contribution in [1.82, 2.24) is 14.5 Å². The Kier molecular flexibility index (Phi) is 6.42. The van der Waals surface area contributed by atoms with Crippen molar-refractivity contribution >= 4 is 16.7 Å². The van der Waals surface area contributed by atoms with E-state index in [9.17, 15) is 27.6 Å². The minimum Gasteiger partial charge on any atom is -0.406 e. The van der Waals surface area contributed by atoms with Crippen molar-refractivity contribution in [1.29, 1.82) is 5.26 Å². The molecule has 11 heteroatoms. The van der Waals surface area contributed by atoms with Gasteiger partial charge in [0.1, 0.15) is 28.8 Å². The number of rotatable bonds is 4. The van der Waals surface area contributed by atoms with Crippen LogP contribution in [0.15, 0.2) is 41.2 Å². The van der Waals surface area contributed by atoms with Crippen LogP contribution in [0.2, 0.25) is 0 Å². The number of piperazine rings is 1. The first-order chi connectivity index (χ1) is 16.5. The lowest BCUT2D eigenvalue weighted by molar-refractivity contribution is -0.274. The molecule has 2 atom stereocenters. The molecule has 3 heterocycles. The Labute approximate surface area is 198 Å². The van der Waals surface area contributed by atoms with E-state index < -0.39 is 17.9 Å². The highest BCUT2D eigenvalue weighted by molar-refractivity contribution is 5.89. The van der Waals surface area contributed by atoms with Gasteiger partial charge >= 0.3 is 6.36 Å². The summed E-state index contributed by atoms with van der Waals surface area (Å²) < 4.78 is 57.0. The lowest BCUT2D eigenvalue weighted by Crippen LogP contribution is -2.56. The minimum atomic E-state index is -4.89. The highest BCUT2D eigenvalue weighted by atomic mass is 19.4. The first-order valence-corrected chi connectivity index (χ1v) is 10.9. The highest BCUT2D eigenvalue weighted by Gasteiger charge is 2.33. The fourth-order valence-electron chi connectivity index (χ4n) is 4.42. The van der Waals surface area contributed by atoms with Gasteiger partial charge in [0.25, 0.3) is 5.56 Å². The Morgan fingerprint density at radius 2 is 1.89 bits per heavy atom. The molecule has 0 saturated carbocycles. The molecule has 0 radical (unpaired) electrons. The molecule has 1 fully saturated rings. The van der Waals surface area contributed by atoms with E-state index in [1.54, 1.807) is 19.2 Å². The van der Waals surface area contributed by atoms with Gasteiger partial charge in [-0.05, 0) is 32.0 Å². The van der Waals surface area contributed by atoms with Gasteiger partial charge in [0.2, 0.25) is 0 Å². The second-order valence-corrected chi connectivity index (χ2v) is 8.68. The van der Waals surface area contributed by atoms with E-state index in [-0.39, 0.29) is 35.4 Å². The molecule has 0 aliphatic carbocycles. The molecular formula is C24H23F4N5O2. The molecule has 1 saturated heterocycles. The van der Waals surface area contributed by atoms with Gasteiger partial charge in [-0.2, -0.15) is 5.26 Å². The summed E-state index contributed by atoms with van der Waals surface area (Å²) in [6.07, 6.45) is -4.89. The molecule has 7 nitrogen and oxygen atoms in total. The summed E-state index contributed by atoms with van der Waals surface area (Å²) >= 11 is 0. The van der Waals surface area contributed by atoms with Crippen molar-refractivity contribution < 1.29 is 22.3 Å². The number of nitriles is 1. The first kappa shape index (κ1) is 24.5. The van der Waals surface area contributed by atoms with Gasteiger partial charge in [-0.3, -0.25) is 9.69 Å². The molecule has 3 aromatic rings. The van der Waals surface area contributed by atoms with E-state index >= 15 is 0 Å². The molecule has 1 aromatic carbocycles. The van der Waals surface area contributed by atoms with E-state index in [2.05, 4.69) is 14.6 Å². The maximum atomic E-state index is 14.5. The molecule has 0 spiro atoms. The third-order valence-corrected chi connectivity index (χ3v) is 6.24. The average molecular weight is 489 g/mol. The standard InChI is InChI=1S/C24H23F4N5O2/c1-14-12-33(21-9-22(34)31(3)20-7-5-17(10-29)30-23(20)21)15(2)11-32(14)13-16-4-6-18(8-19(16)25)35-24(26,27)28/h4-9,14-15H,11-13H2,1-3H3/t14-,15+/m1/s1. The second kappa shape index (κ2) is 9.19. The summed E-state index contributed by atoms with van der Waals surface area (Å²) in [4.78, 5) is 21.1. The van der Waals surface area contributed by atoms with E-state index in [1.165, 1.54) is 16.7 Å². The Morgan fingerprint density at radius 3 is 2.54 bits per heavy atom. The van der Waals surface area contributed by atoms with Gasteiger partial charge in [0.05, 0.1) is 11.2 Å². The Balaban J connectivity index is 1.58. The topological polar surface area (TPSA) is 74.4 Å². The summed E-state index contributed by atoms with van der Waals surface area (Å²) in [5.41, 5.74) is 2.07. The van der Waals surface area contributed by atoms with Crippen molar-refractivity contribution in [2.45, 2.75) is 38.8 Å². The number of alkyl halides is 3. The van der Waals surface area contributed by atoms with E-state index in [1.807, 2.05) is 24.8 Å². The Hall–Kier alpha value is -3.65. The number of nitrogens with zero attached hydrogens (tertiary/aromatic N) is 5. The summed E-state index contributed by atoms with van der Waals surface area (Å²) in [5, 5.41) is 9.29. The van der Waals surface area contributed by atoms with E-state index in [4.69, 9.17) is 0 Å². The number of pyridine rings is 2. The van der Waals surface area contributed by atoms with Crippen LogP contribution >= 0.6 is 0 Å². The lowest BCUT2D eigenvalue weighted by atomic mass is 10.0. The third kappa shape index (κ3) is 5.07. The van der Waals surface area contributed by atoms with E-state index in [0.717, 1.165) is 12.1 Å². The van der Waals surface area contributed by atoms with Gasteiger partial charge in [0, 0.05) is 56.5 Å². The molecule has 4 rings (SSSR count). The maximum Gasteiger partial charge on any atom is 0.573 e. The quantitative estimate of drug-likeness (QED) is 0.517. The molecule has 1 aliphatic rings. The van der Waals surface area contributed by atoms with Crippen molar-refractivity contribution in [3.8, 4) is 11.8 Å². The van der Waals surface area contributed by atoms with Crippen LogP contribution in [0.4, 0.5) is 23.2 Å². The predicted octanol–water partition coefficient (Wildman–Crippen LogP) is 3.94. The Bertz CT molecular complexity index is 1360. The highest BCUT2D eigenvalue weighted by Crippen LogP contribution is 2.30. The summed E-state index contributed by atoms with van der Waals surface area (Å²) in [6, 6.07) is 9.76. The zero-order valence-corrected chi connectivity index (χ0v) is 19.3. The molecule has 0 amide bonds. The number of halogens is 4. The number of ether oxygens (including phenoxy) is 1. The Morgan fingerprint density at radius 1 is 1.14 bits per heavy atom. The van der Waals surface area contributed by atoms with Crippen molar-refractivity contribution in [3.05, 3.63) is 63.8 Å². The van der Waals surface area contributed by atoms with Crippen LogP contribution < -0.4 is 15.2 Å². The normalized spacial score (nSPS) is 19.1. The van der Waals surface area contributed by atoms with Crippen LogP contribution in [0, 0.1) is 17.1 Å². The second-order valence-electron chi connectivity index (χ2n) is 8.68. The predicted molar refractivity (Wildman–Crippen MR) is 121 cm³/mol. The molecule has 0 bridgehead atoms. The van der Waals surface area contributed by atoms with Crippen LogP contribution in [-0.2, 0) is 13.6 Å². The number of fused-ring (bicyclic) bond motifs is 1. The van der Waals surface area contributed by atoms with Crippen molar-refractivity contribution in [2.24, 2.45) is 7.05 Å². The smallest absolute Gasteiger partial charge is 0.406 e. The molecule has 184 valence electrons. The minimum absolute atomic E-state index is 0.0741. The van der Waals surface area contributed by atoms with Gasteiger partial charge in [-0.15, -0.1) is 13.2 Å². The number of benzene rings is 1. The maximum absolute atomic E-state index is 14.5. The molecule has 0 N–H and O–H groups in total. The van der Waals surface area contributed by atoms with Gasteiger partial charge < -0.3 is 14.2 Å². The van der Waals surface area contributed by atoms with Crippen LogP contribution in [0.5, 0.6) is 5.75 Å². The molecule has 35 heavy (non-hydrogen) atoms. The lowest BCUT2D eigenvalue weighted by Gasteiger charge is -2.45. The van der Waals surface area contributed by atoms with Gasteiger partial charge in [-0.1, -0.05) is 6.07 Å². The van der Waals surface area contributed by atoms with Crippen LogP contribution in [0.1, 0.15) is 25.1 Å². The van der Waals surface area contributed by atoms with Gasteiger partial charge in [-0.25, -0.2) is 9.37 Å². The number of hydrogen-bond donors (Lipinski definition) is 0. The van der Waals surface area contributed by atoms with E-state index in [0.29, 0.717) is 29.8 Å².